The molecule has 1 fully saturated rings. The van der Waals surface area contributed by atoms with E-state index in [2.05, 4.69) is 16.3 Å². The van der Waals surface area contributed by atoms with Crippen molar-refractivity contribution in [3.8, 4) is 11.8 Å². The van der Waals surface area contributed by atoms with Crippen molar-refractivity contribution in [3.05, 3.63) is 28.8 Å². The summed E-state index contributed by atoms with van der Waals surface area (Å²) in [6.45, 7) is 3.84. The Balaban J connectivity index is 0.00000200. The third-order valence-electron chi connectivity index (χ3n) is 3.44. The summed E-state index contributed by atoms with van der Waals surface area (Å²) in [5.41, 5.74) is 1.09. The Hall–Kier alpha value is -0.700. The molecule has 0 aromatic heterocycles. The molecule has 0 unspecified atom stereocenters. The van der Waals surface area contributed by atoms with Gasteiger partial charge in [-0.3, -0.25) is 4.90 Å². The quantitative estimate of drug-likeness (QED) is 0.905. The molecule has 4 nitrogen and oxygen atoms in total. The van der Waals surface area contributed by atoms with Crippen molar-refractivity contribution >= 4 is 36.4 Å². The van der Waals surface area contributed by atoms with E-state index in [9.17, 15) is 0 Å². The predicted octanol–water partition coefficient (Wildman–Crippen LogP) is 3.05. The van der Waals surface area contributed by atoms with Crippen LogP contribution in [0, 0.1) is 11.3 Å². The first-order valence-corrected chi connectivity index (χ1v) is 6.79. The Morgan fingerprint density at radius 2 is 2.05 bits per heavy atom. The van der Waals surface area contributed by atoms with E-state index in [1.165, 1.54) is 0 Å². The molecule has 1 aliphatic rings. The lowest BCUT2D eigenvalue weighted by Crippen LogP contribution is -2.45. The summed E-state index contributed by atoms with van der Waals surface area (Å²) in [7, 11) is 1.61. The molecule has 1 aromatic rings. The van der Waals surface area contributed by atoms with Gasteiger partial charge in [-0.05, 0) is 17.7 Å². The number of nitrogens with one attached hydrogen (secondary N) is 1. The van der Waals surface area contributed by atoms with Gasteiger partial charge in [0.15, 0.2) is 0 Å². The number of benzene rings is 1. The molecule has 21 heavy (non-hydrogen) atoms. The van der Waals surface area contributed by atoms with Crippen LogP contribution in [0.1, 0.15) is 18.0 Å². The molecule has 118 valence electrons. The molecule has 0 radical (unpaired) electrons. The van der Waals surface area contributed by atoms with Crippen molar-refractivity contribution in [1.29, 1.82) is 5.26 Å². The molecule has 0 aliphatic carbocycles. The van der Waals surface area contributed by atoms with Crippen LogP contribution in [0.5, 0.6) is 5.75 Å². The van der Waals surface area contributed by atoms with Crippen molar-refractivity contribution in [3.63, 3.8) is 0 Å². The normalized spacial score (nSPS) is 16.0. The summed E-state index contributed by atoms with van der Waals surface area (Å²) in [6.07, 6.45) is 0.477. The highest BCUT2D eigenvalue weighted by Gasteiger charge is 2.22. The molecule has 0 spiro atoms. The Morgan fingerprint density at radius 1 is 1.38 bits per heavy atom. The van der Waals surface area contributed by atoms with E-state index in [-0.39, 0.29) is 30.9 Å². The molecule has 7 heteroatoms. The minimum atomic E-state index is 0. The van der Waals surface area contributed by atoms with Gasteiger partial charge in [0.05, 0.1) is 24.6 Å². The molecule has 1 aromatic carbocycles. The smallest absolute Gasteiger partial charge is 0.137 e. The SMILES string of the molecule is COc1cc([C@@H](CC#N)N2CCNCC2)ccc1Cl.Cl.Cl. The van der Waals surface area contributed by atoms with Gasteiger partial charge in [0.1, 0.15) is 5.75 Å². The fourth-order valence-electron chi connectivity index (χ4n) is 2.42. The van der Waals surface area contributed by atoms with E-state index in [1.807, 2.05) is 18.2 Å². The fraction of sp³-hybridized carbons (Fsp3) is 0.500. The van der Waals surface area contributed by atoms with Crippen LogP contribution in [0.25, 0.3) is 0 Å². The Labute approximate surface area is 143 Å². The van der Waals surface area contributed by atoms with Crippen LogP contribution in [0.4, 0.5) is 0 Å². The van der Waals surface area contributed by atoms with Crippen molar-refractivity contribution in [2.24, 2.45) is 0 Å². The van der Waals surface area contributed by atoms with Gasteiger partial charge in [0, 0.05) is 32.2 Å². The van der Waals surface area contributed by atoms with Crippen molar-refractivity contribution in [1.82, 2.24) is 10.2 Å². The van der Waals surface area contributed by atoms with Gasteiger partial charge >= 0.3 is 0 Å². The second-order valence-corrected chi connectivity index (χ2v) is 4.97. The summed E-state index contributed by atoms with van der Waals surface area (Å²) in [5.74, 6) is 0.664. The molecule has 1 saturated heterocycles. The number of methoxy groups -OCH3 is 1. The summed E-state index contributed by atoms with van der Waals surface area (Å²) < 4.78 is 5.26. The highest BCUT2D eigenvalue weighted by atomic mass is 35.5. The molecular formula is C14H20Cl3N3O. The standard InChI is InChI=1S/C14H18ClN3O.2ClH/c1-19-14-10-11(2-3-12(14)15)13(4-5-16)18-8-6-17-7-9-18;;/h2-3,10,13,17H,4,6-9H2,1H3;2*1H/t13-;;/m1../s1. The van der Waals surface area contributed by atoms with Gasteiger partial charge < -0.3 is 10.1 Å². The Bertz CT molecular complexity index is 473. The maximum Gasteiger partial charge on any atom is 0.137 e. The molecule has 0 amide bonds. The zero-order valence-corrected chi connectivity index (χ0v) is 14.2. The van der Waals surface area contributed by atoms with Gasteiger partial charge in [-0.15, -0.1) is 24.8 Å². The molecule has 1 aliphatic heterocycles. The highest BCUT2D eigenvalue weighted by Crippen LogP contribution is 2.31. The second kappa shape index (κ2) is 10.1. The topological polar surface area (TPSA) is 48.3 Å². The average Bonchev–Trinajstić information content (AvgIpc) is 2.46. The minimum Gasteiger partial charge on any atom is -0.495 e. The Kier molecular flexibility index (Phi) is 9.76. The predicted molar refractivity (Wildman–Crippen MR) is 89.9 cm³/mol. The molecule has 1 N–H and O–H groups in total. The number of piperazine rings is 1. The van der Waals surface area contributed by atoms with Crippen LogP contribution in [-0.4, -0.2) is 38.2 Å². The van der Waals surface area contributed by atoms with E-state index in [1.54, 1.807) is 7.11 Å². The Morgan fingerprint density at radius 3 is 2.62 bits per heavy atom. The number of halogens is 3. The largest absolute Gasteiger partial charge is 0.495 e. The van der Waals surface area contributed by atoms with Gasteiger partial charge in [-0.25, -0.2) is 0 Å². The molecule has 1 atom stereocenters. The fourth-order valence-corrected chi connectivity index (χ4v) is 2.62. The minimum absolute atomic E-state index is 0. The first-order valence-electron chi connectivity index (χ1n) is 6.41. The van der Waals surface area contributed by atoms with Crippen LogP contribution in [0.3, 0.4) is 0 Å². The monoisotopic (exact) mass is 351 g/mol. The first-order chi connectivity index (χ1) is 9.26. The lowest BCUT2D eigenvalue weighted by Gasteiger charge is -2.34. The van der Waals surface area contributed by atoms with Crippen LogP contribution in [0.15, 0.2) is 18.2 Å². The number of nitrogens with zero attached hydrogens (tertiary/aromatic N) is 2. The summed E-state index contributed by atoms with van der Waals surface area (Å²) in [6, 6.07) is 8.14. The van der Waals surface area contributed by atoms with Crippen LogP contribution in [-0.2, 0) is 0 Å². The third kappa shape index (κ3) is 5.21. The van der Waals surface area contributed by atoms with Gasteiger partial charge in [0.25, 0.3) is 0 Å². The van der Waals surface area contributed by atoms with E-state index in [0.29, 0.717) is 17.2 Å². The number of nitriles is 1. The zero-order chi connectivity index (χ0) is 13.7. The van der Waals surface area contributed by atoms with E-state index >= 15 is 0 Å². The third-order valence-corrected chi connectivity index (χ3v) is 3.75. The molecule has 1 heterocycles. The van der Waals surface area contributed by atoms with Crippen LogP contribution >= 0.6 is 36.4 Å². The lowest BCUT2D eigenvalue weighted by molar-refractivity contribution is 0.175. The first kappa shape index (κ1) is 20.3. The average molecular weight is 353 g/mol. The van der Waals surface area contributed by atoms with Gasteiger partial charge in [-0.1, -0.05) is 17.7 Å². The summed E-state index contributed by atoms with van der Waals surface area (Å²) >= 11 is 6.05. The highest BCUT2D eigenvalue weighted by molar-refractivity contribution is 6.32. The van der Waals surface area contributed by atoms with E-state index < -0.39 is 0 Å². The number of hydrogen-bond donors (Lipinski definition) is 1. The van der Waals surface area contributed by atoms with Crippen molar-refractivity contribution < 1.29 is 4.74 Å². The second-order valence-electron chi connectivity index (χ2n) is 4.56. The summed E-state index contributed by atoms with van der Waals surface area (Å²) in [4.78, 5) is 2.34. The van der Waals surface area contributed by atoms with E-state index in [0.717, 1.165) is 31.7 Å². The molecule has 2 rings (SSSR count). The van der Waals surface area contributed by atoms with Crippen LogP contribution < -0.4 is 10.1 Å². The molecule has 0 saturated carbocycles. The summed E-state index contributed by atoms with van der Waals surface area (Å²) in [5, 5.41) is 13.0. The lowest BCUT2D eigenvalue weighted by atomic mass is 10.0. The van der Waals surface area contributed by atoms with Crippen molar-refractivity contribution in [2.75, 3.05) is 33.3 Å². The number of ether oxygens (including phenoxy) is 1. The zero-order valence-electron chi connectivity index (χ0n) is 11.8. The van der Waals surface area contributed by atoms with Crippen molar-refractivity contribution in [2.45, 2.75) is 12.5 Å². The van der Waals surface area contributed by atoms with Crippen LogP contribution in [0.2, 0.25) is 5.02 Å². The van der Waals surface area contributed by atoms with Gasteiger partial charge in [-0.2, -0.15) is 5.26 Å². The molecule has 0 bridgehead atoms. The number of rotatable bonds is 4. The molecular weight excluding hydrogens is 333 g/mol. The maximum absolute atomic E-state index is 9.06. The van der Waals surface area contributed by atoms with E-state index in [4.69, 9.17) is 21.6 Å². The van der Waals surface area contributed by atoms with Gasteiger partial charge in [0.2, 0.25) is 0 Å². The maximum atomic E-state index is 9.06. The number of hydrogen-bond acceptors (Lipinski definition) is 4.